The minimum Gasteiger partial charge on any atom is -0.508 e. The van der Waals surface area contributed by atoms with Gasteiger partial charge in [-0.25, -0.2) is 9.37 Å². The van der Waals surface area contributed by atoms with Gasteiger partial charge in [0.1, 0.15) is 11.6 Å². The van der Waals surface area contributed by atoms with Crippen LogP contribution in [0.5, 0.6) is 5.75 Å². The first-order valence-electron chi connectivity index (χ1n) is 11.6. The van der Waals surface area contributed by atoms with Crippen molar-refractivity contribution in [2.45, 2.75) is 31.8 Å². The Morgan fingerprint density at radius 2 is 1.59 bits per heavy atom. The zero-order valence-corrected chi connectivity index (χ0v) is 19.1. The molecule has 34 heavy (non-hydrogen) atoms. The van der Waals surface area contributed by atoms with Crippen molar-refractivity contribution in [3.63, 3.8) is 0 Å². The molecule has 1 fully saturated rings. The van der Waals surface area contributed by atoms with E-state index < -0.39 is 0 Å². The Bertz CT molecular complexity index is 1200. The lowest BCUT2D eigenvalue weighted by Gasteiger charge is -2.32. The van der Waals surface area contributed by atoms with Crippen molar-refractivity contribution < 1.29 is 15.0 Å². The molecule has 0 unspecified atom stereocenters. The van der Waals surface area contributed by atoms with Gasteiger partial charge in [0.2, 0.25) is 5.95 Å². The Morgan fingerprint density at radius 3 is 2.32 bits per heavy atom. The second-order valence-electron chi connectivity index (χ2n) is 8.81. The van der Waals surface area contributed by atoms with Crippen LogP contribution in [0.25, 0.3) is 11.0 Å². The van der Waals surface area contributed by atoms with Crippen LogP contribution in [0.3, 0.4) is 0 Å². The summed E-state index contributed by atoms with van der Waals surface area (Å²) in [5, 5.41) is 13.1. The van der Waals surface area contributed by atoms with Crippen LogP contribution in [0.15, 0.2) is 72.8 Å². The van der Waals surface area contributed by atoms with E-state index >= 15 is 0 Å². The van der Waals surface area contributed by atoms with Crippen molar-refractivity contribution in [2.24, 2.45) is 0 Å². The SMILES string of the molecule is O.Oc1ccc(CCN2CCC(Nc3nc4ccccc4n3Cc3ccc(F)cc3)CC2)cc1. The highest BCUT2D eigenvalue weighted by molar-refractivity contribution is 5.78. The van der Waals surface area contributed by atoms with Gasteiger partial charge in [0, 0.05) is 25.7 Å². The van der Waals surface area contributed by atoms with E-state index in [9.17, 15) is 9.50 Å². The molecule has 2 heterocycles. The van der Waals surface area contributed by atoms with E-state index in [-0.39, 0.29) is 11.3 Å². The van der Waals surface area contributed by atoms with E-state index in [2.05, 4.69) is 20.9 Å². The number of phenols is 1. The van der Waals surface area contributed by atoms with Crippen molar-refractivity contribution >= 4 is 17.0 Å². The van der Waals surface area contributed by atoms with E-state index in [1.165, 1.54) is 17.7 Å². The molecular formula is C27H31FN4O2. The van der Waals surface area contributed by atoms with E-state index in [1.54, 1.807) is 12.1 Å². The van der Waals surface area contributed by atoms with Gasteiger partial charge < -0.3 is 25.4 Å². The average Bonchev–Trinajstić information content (AvgIpc) is 3.18. The van der Waals surface area contributed by atoms with Gasteiger partial charge in [-0.2, -0.15) is 0 Å². The third-order valence-corrected chi connectivity index (χ3v) is 6.48. The predicted molar refractivity (Wildman–Crippen MR) is 134 cm³/mol. The molecule has 5 rings (SSSR count). The summed E-state index contributed by atoms with van der Waals surface area (Å²) in [4.78, 5) is 7.37. The van der Waals surface area contributed by atoms with Crippen molar-refractivity contribution in [3.05, 3.63) is 89.7 Å². The summed E-state index contributed by atoms with van der Waals surface area (Å²) in [6.07, 6.45) is 3.12. The Kier molecular flexibility index (Phi) is 7.45. The molecular weight excluding hydrogens is 431 g/mol. The molecule has 0 amide bonds. The summed E-state index contributed by atoms with van der Waals surface area (Å²) >= 11 is 0. The number of benzene rings is 3. The number of hydrogen-bond donors (Lipinski definition) is 2. The van der Waals surface area contributed by atoms with Gasteiger partial charge in [0.05, 0.1) is 17.6 Å². The first-order valence-corrected chi connectivity index (χ1v) is 11.6. The molecule has 0 bridgehead atoms. The Morgan fingerprint density at radius 1 is 0.912 bits per heavy atom. The lowest BCUT2D eigenvalue weighted by atomic mass is 10.0. The summed E-state index contributed by atoms with van der Waals surface area (Å²) in [6.45, 7) is 3.77. The smallest absolute Gasteiger partial charge is 0.204 e. The number of aromatic hydroxyl groups is 1. The number of aromatic nitrogens is 2. The number of rotatable bonds is 7. The van der Waals surface area contributed by atoms with Crippen LogP contribution in [0.2, 0.25) is 0 Å². The fraction of sp³-hybridized carbons (Fsp3) is 0.296. The van der Waals surface area contributed by atoms with Crippen LogP contribution in [0.4, 0.5) is 10.3 Å². The van der Waals surface area contributed by atoms with E-state index in [0.29, 0.717) is 18.3 Å². The third kappa shape index (κ3) is 5.55. The Balaban J connectivity index is 0.00000274. The van der Waals surface area contributed by atoms with Gasteiger partial charge in [-0.05, 0) is 66.8 Å². The van der Waals surface area contributed by atoms with E-state index in [0.717, 1.165) is 61.4 Å². The van der Waals surface area contributed by atoms with Gasteiger partial charge in [0.25, 0.3) is 0 Å². The maximum atomic E-state index is 13.4. The van der Waals surface area contributed by atoms with Crippen LogP contribution >= 0.6 is 0 Å². The molecule has 0 aliphatic carbocycles. The number of piperidine rings is 1. The molecule has 0 spiro atoms. The van der Waals surface area contributed by atoms with Crippen LogP contribution in [-0.2, 0) is 13.0 Å². The molecule has 4 aromatic rings. The van der Waals surface area contributed by atoms with Crippen LogP contribution in [0, 0.1) is 5.82 Å². The number of imidazole rings is 1. The topological polar surface area (TPSA) is 84.8 Å². The van der Waals surface area contributed by atoms with Crippen LogP contribution in [-0.4, -0.2) is 50.7 Å². The first-order chi connectivity index (χ1) is 16.1. The number of likely N-dealkylation sites (tertiary alicyclic amines) is 1. The van der Waals surface area contributed by atoms with Gasteiger partial charge >= 0.3 is 0 Å². The molecule has 1 aromatic heterocycles. The van der Waals surface area contributed by atoms with Gasteiger partial charge in [-0.15, -0.1) is 0 Å². The fourth-order valence-electron chi connectivity index (χ4n) is 4.55. The highest BCUT2D eigenvalue weighted by Crippen LogP contribution is 2.24. The average molecular weight is 463 g/mol. The predicted octanol–water partition coefficient (Wildman–Crippen LogP) is 4.22. The van der Waals surface area contributed by atoms with E-state index in [4.69, 9.17) is 4.98 Å². The second-order valence-corrected chi connectivity index (χ2v) is 8.81. The maximum absolute atomic E-state index is 13.4. The van der Waals surface area contributed by atoms with Crippen molar-refractivity contribution in [1.29, 1.82) is 0 Å². The number of hydrogen-bond acceptors (Lipinski definition) is 4. The molecule has 7 heteroatoms. The maximum Gasteiger partial charge on any atom is 0.204 e. The normalized spacial score (nSPS) is 14.7. The Hall–Kier alpha value is -3.42. The number of phenolic OH excluding ortho intramolecular Hbond substituents is 1. The third-order valence-electron chi connectivity index (χ3n) is 6.48. The molecule has 3 aromatic carbocycles. The Labute approximate surface area is 199 Å². The summed E-state index contributed by atoms with van der Waals surface area (Å²) in [6, 6.07) is 22.7. The number of halogens is 1. The molecule has 6 nitrogen and oxygen atoms in total. The second kappa shape index (κ2) is 10.7. The molecule has 0 radical (unpaired) electrons. The van der Waals surface area contributed by atoms with Crippen molar-refractivity contribution in [3.8, 4) is 5.75 Å². The van der Waals surface area contributed by atoms with Crippen molar-refractivity contribution in [2.75, 3.05) is 25.0 Å². The van der Waals surface area contributed by atoms with Crippen LogP contribution < -0.4 is 5.32 Å². The quantitative estimate of drug-likeness (QED) is 0.431. The minimum atomic E-state index is -0.218. The summed E-state index contributed by atoms with van der Waals surface area (Å²) < 4.78 is 15.6. The van der Waals surface area contributed by atoms with Crippen LogP contribution in [0.1, 0.15) is 24.0 Å². The van der Waals surface area contributed by atoms with Gasteiger partial charge in [0.15, 0.2) is 0 Å². The zero-order valence-electron chi connectivity index (χ0n) is 19.1. The molecule has 1 aliphatic heterocycles. The number of nitrogens with zero attached hydrogens (tertiary/aromatic N) is 3. The van der Waals surface area contributed by atoms with Gasteiger partial charge in [-0.1, -0.05) is 36.4 Å². The minimum absolute atomic E-state index is 0. The first kappa shape index (κ1) is 23.7. The molecule has 4 N–H and O–H groups in total. The number of para-hydroxylation sites is 2. The molecule has 1 saturated heterocycles. The van der Waals surface area contributed by atoms with Crippen molar-refractivity contribution in [1.82, 2.24) is 14.5 Å². The lowest BCUT2D eigenvalue weighted by molar-refractivity contribution is 0.221. The number of nitrogens with one attached hydrogen (secondary N) is 1. The van der Waals surface area contributed by atoms with E-state index in [1.807, 2.05) is 42.5 Å². The van der Waals surface area contributed by atoms with Gasteiger partial charge in [-0.3, -0.25) is 0 Å². The molecule has 0 atom stereocenters. The number of anilines is 1. The number of fused-ring (bicyclic) bond motifs is 1. The lowest BCUT2D eigenvalue weighted by Crippen LogP contribution is -2.40. The summed E-state index contributed by atoms with van der Waals surface area (Å²) in [5.74, 6) is 0.976. The largest absolute Gasteiger partial charge is 0.508 e. The molecule has 1 aliphatic rings. The summed E-state index contributed by atoms with van der Waals surface area (Å²) in [7, 11) is 0. The highest BCUT2D eigenvalue weighted by atomic mass is 19.1. The molecule has 178 valence electrons. The standard InChI is InChI=1S/C27H29FN4O.H2O/c28-22-9-5-21(6-10-22)19-32-26-4-2-1-3-25(26)30-27(32)29-23-14-17-31(18-15-23)16-13-20-7-11-24(33)12-8-20;/h1-12,23,33H,13-19H2,(H,29,30);1H2. The monoisotopic (exact) mass is 462 g/mol. The molecule has 0 saturated carbocycles. The fourth-order valence-corrected chi connectivity index (χ4v) is 4.55. The highest BCUT2D eigenvalue weighted by Gasteiger charge is 2.21. The zero-order chi connectivity index (χ0) is 22.6. The summed E-state index contributed by atoms with van der Waals surface area (Å²) in [5.41, 5.74) is 4.35.